The lowest BCUT2D eigenvalue weighted by Gasteiger charge is -2.09. The van der Waals surface area contributed by atoms with E-state index < -0.39 is 0 Å². The van der Waals surface area contributed by atoms with E-state index in [-0.39, 0.29) is 5.75 Å². The summed E-state index contributed by atoms with van der Waals surface area (Å²) in [6.45, 7) is 0.917. The molecule has 0 bridgehead atoms. The first-order chi connectivity index (χ1) is 8.69. The Morgan fingerprint density at radius 3 is 2.61 bits per heavy atom. The number of nitrogens with two attached hydrogens (primary N) is 1. The van der Waals surface area contributed by atoms with Gasteiger partial charge in [-0.05, 0) is 51.3 Å². The maximum atomic E-state index is 9.35. The molecule has 0 fully saturated rings. The summed E-state index contributed by atoms with van der Waals surface area (Å²) in [5.74, 6) is 1.00. The van der Waals surface area contributed by atoms with Crippen LogP contribution in [0.25, 0.3) is 0 Å². The SMILES string of the molecule is NCc1ccc(OCc2cccc(O)c2)c(Br)c1. The van der Waals surface area contributed by atoms with Crippen molar-refractivity contribution in [3.63, 3.8) is 0 Å². The van der Waals surface area contributed by atoms with Gasteiger partial charge in [0.05, 0.1) is 4.47 Å². The monoisotopic (exact) mass is 307 g/mol. The highest BCUT2D eigenvalue weighted by atomic mass is 79.9. The van der Waals surface area contributed by atoms with Crippen LogP contribution in [-0.2, 0) is 13.2 Å². The molecule has 18 heavy (non-hydrogen) atoms. The maximum absolute atomic E-state index is 9.35. The zero-order chi connectivity index (χ0) is 13.0. The fraction of sp³-hybridized carbons (Fsp3) is 0.143. The first-order valence-electron chi connectivity index (χ1n) is 5.58. The van der Waals surface area contributed by atoms with Crippen molar-refractivity contribution in [3.05, 3.63) is 58.1 Å². The smallest absolute Gasteiger partial charge is 0.134 e. The van der Waals surface area contributed by atoms with Gasteiger partial charge < -0.3 is 15.6 Å². The Morgan fingerprint density at radius 2 is 1.94 bits per heavy atom. The molecule has 0 saturated heterocycles. The van der Waals surface area contributed by atoms with E-state index in [1.165, 1.54) is 0 Å². The molecule has 94 valence electrons. The van der Waals surface area contributed by atoms with Crippen LogP contribution in [0.3, 0.4) is 0 Å². The van der Waals surface area contributed by atoms with Crippen LogP contribution in [0.15, 0.2) is 46.9 Å². The number of benzene rings is 2. The molecule has 0 aliphatic heterocycles. The van der Waals surface area contributed by atoms with Crippen LogP contribution in [0.2, 0.25) is 0 Å². The van der Waals surface area contributed by atoms with Crippen molar-refractivity contribution in [2.75, 3.05) is 0 Å². The van der Waals surface area contributed by atoms with Crippen molar-refractivity contribution in [2.24, 2.45) is 5.73 Å². The van der Waals surface area contributed by atoms with Gasteiger partial charge in [0.25, 0.3) is 0 Å². The van der Waals surface area contributed by atoms with Gasteiger partial charge >= 0.3 is 0 Å². The molecule has 0 aliphatic carbocycles. The third-order valence-corrected chi connectivity index (χ3v) is 3.16. The summed E-state index contributed by atoms with van der Waals surface area (Å²) in [4.78, 5) is 0. The normalized spacial score (nSPS) is 10.3. The standard InChI is InChI=1S/C14H14BrNO2/c15-13-7-10(8-16)4-5-14(13)18-9-11-2-1-3-12(17)6-11/h1-7,17H,8-9,16H2. The molecule has 2 aromatic rings. The van der Waals surface area contributed by atoms with Crippen LogP contribution < -0.4 is 10.5 Å². The second kappa shape index (κ2) is 5.89. The predicted molar refractivity (Wildman–Crippen MR) is 74.5 cm³/mol. The predicted octanol–water partition coefficient (Wildman–Crippen LogP) is 3.19. The lowest BCUT2D eigenvalue weighted by atomic mass is 10.2. The van der Waals surface area contributed by atoms with Crippen LogP contribution in [0.4, 0.5) is 0 Å². The Kier molecular flexibility index (Phi) is 4.23. The van der Waals surface area contributed by atoms with Gasteiger partial charge in [0.15, 0.2) is 0 Å². The zero-order valence-electron chi connectivity index (χ0n) is 9.77. The highest BCUT2D eigenvalue weighted by molar-refractivity contribution is 9.10. The van der Waals surface area contributed by atoms with Gasteiger partial charge in [0.2, 0.25) is 0 Å². The van der Waals surface area contributed by atoms with Crippen molar-refractivity contribution in [3.8, 4) is 11.5 Å². The number of phenols is 1. The van der Waals surface area contributed by atoms with E-state index >= 15 is 0 Å². The average molecular weight is 308 g/mol. The second-order valence-electron chi connectivity index (χ2n) is 3.93. The highest BCUT2D eigenvalue weighted by Crippen LogP contribution is 2.27. The minimum Gasteiger partial charge on any atom is -0.508 e. The van der Waals surface area contributed by atoms with Crippen molar-refractivity contribution in [2.45, 2.75) is 13.2 Å². The number of hydrogen-bond donors (Lipinski definition) is 2. The number of hydrogen-bond acceptors (Lipinski definition) is 3. The molecular formula is C14H14BrNO2. The largest absolute Gasteiger partial charge is 0.508 e. The van der Waals surface area contributed by atoms with E-state index in [2.05, 4.69) is 15.9 Å². The summed E-state index contributed by atoms with van der Waals surface area (Å²) in [7, 11) is 0. The minimum absolute atomic E-state index is 0.244. The molecule has 2 aromatic carbocycles. The van der Waals surface area contributed by atoms with Gasteiger partial charge in [-0.2, -0.15) is 0 Å². The van der Waals surface area contributed by atoms with Gasteiger partial charge in [0, 0.05) is 6.54 Å². The Bertz CT molecular complexity index is 543. The molecule has 0 atom stereocenters. The molecular weight excluding hydrogens is 294 g/mol. The molecule has 0 unspecified atom stereocenters. The zero-order valence-corrected chi connectivity index (χ0v) is 11.4. The van der Waals surface area contributed by atoms with Crippen LogP contribution in [0.1, 0.15) is 11.1 Å². The summed E-state index contributed by atoms with van der Waals surface area (Å²) < 4.78 is 6.56. The van der Waals surface area contributed by atoms with Crippen molar-refractivity contribution < 1.29 is 9.84 Å². The molecule has 2 rings (SSSR count). The third kappa shape index (κ3) is 3.24. The Morgan fingerprint density at radius 1 is 1.11 bits per heavy atom. The second-order valence-corrected chi connectivity index (χ2v) is 4.78. The van der Waals surface area contributed by atoms with Crippen LogP contribution in [0, 0.1) is 0 Å². The van der Waals surface area contributed by atoms with E-state index in [0.29, 0.717) is 13.2 Å². The molecule has 4 heteroatoms. The van der Waals surface area contributed by atoms with Crippen LogP contribution in [-0.4, -0.2) is 5.11 Å². The number of ether oxygens (including phenoxy) is 1. The van der Waals surface area contributed by atoms with Gasteiger partial charge in [-0.1, -0.05) is 18.2 Å². The summed E-state index contributed by atoms with van der Waals surface area (Å²) in [6, 6.07) is 12.8. The van der Waals surface area contributed by atoms with Gasteiger partial charge in [-0.3, -0.25) is 0 Å². The quantitative estimate of drug-likeness (QED) is 0.912. The molecule has 0 aromatic heterocycles. The number of halogens is 1. The Labute approximate surface area is 114 Å². The Hall–Kier alpha value is -1.52. The fourth-order valence-corrected chi connectivity index (χ4v) is 2.14. The van der Waals surface area contributed by atoms with E-state index in [9.17, 15) is 5.11 Å². The maximum Gasteiger partial charge on any atom is 0.134 e. The Balaban J connectivity index is 2.06. The highest BCUT2D eigenvalue weighted by Gasteiger charge is 2.03. The topological polar surface area (TPSA) is 55.5 Å². The van der Waals surface area contributed by atoms with E-state index in [0.717, 1.165) is 21.3 Å². The number of aromatic hydroxyl groups is 1. The summed E-state index contributed by atoms with van der Waals surface area (Å²) in [5, 5.41) is 9.35. The van der Waals surface area contributed by atoms with E-state index in [1.54, 1.807) is 18.2 Å². The first-order valence-corrected chi connectivity index (χ1v) is 6.37. The average Bonchev–Trinajstić information content (AvgIpc) is 2.37. The summed E-state index contributed by atoms with van der Waals surface area (Å²) in [5.41, 5.74) is 7.53. The fourth-order valence-electron chi connectivity index (χ4n) is 1.60. The lowest BCUT2D eigenvalue weighted by molar-refractivity contribution is 0.303. The third-order valence-electron chi connectivity index (χ3n) is 2.54. The van der Waals surface area contributed by atoms with Crippen molar-refractivity contribution in [1.82, 2.24) is 0 Å². The molecule has 0 amide bonds. The molecule has 0 spiro atoms. The lowest BCUT2D eigenvalue weighted by Crippen LogP contribution is -1.99. The minimum atomic E-state index is 0.244. The summed E-state index contributed by atoms with van der Waals surface area (Å²) >= 11 is 3.45. The first kappa shape index (κ1) is 12.9. The van der Waals surface area contributed by atoms with E-state index in [4.69, 9.17) is 10.5 Å². The summed E-state index contributed by atoms with van der Waals surface area (Å²) in [6.07, 6.45) is 0. The molecule has 0 saturated carbocycles. The number of phenolic OH excluding ortho intramolecular Hbond substituents is 1. The van der Waals surface area contributed by atoms with E-state index in [1.807, 2.05) is 24.3 Å². The molecule has 0 aliphatic rings. The van der Waals surface area contributed by atoms with Crippen molar-refractivity contribution in [1.29, 1.82) is 0 Å². The van der Waals surface area contributed by atoms with Gasteiger partial charge in [-0.15, -0.1) is 0 Å². The van der Waals surface area contributed by atoms with Crippen molar-refractivity contribution >= 4 is 15.9 Å². The van der Waals surface area contributed by atoms with Crippen LogP contribution >= 0.6 is 15.9 Å². The number of rotatable bonds is 4. The molecule has 3 nitrogen and oxygen atoms in total. The van der Waals surface area contributed by atoms with Gasteiger partial charge in [-0.25, -0.2) is 0 Å². The molecule has 3 N–H and O–H groups in total. The molecule has 0 radical (unpaired) electrons. The van der Waals surface area contributed by atoms with Crippen LogP contribution in [0.5, 0.6) is 11.5 Å². The van der Waals surface area contributed by atoms with Gasteiger partial charge in [0.1, 0.15) is 18.1 Å². The molecule has 0 heterocycles.